The Balaban J connectivity index is 1.33. The van der Waals surface area contributed by atoms with E-state index in [0.717, 1.165) is 62.2 Å². The molecule has 1 atom stereocenters. The molecule has 4 rings (SSSR count). The summed E-state index contributed by atoms with van der Waals surface area (Å²) in [4.78, 5) is 34.4. The lowest BCUT2D eigenvalue weighted by Gasteiger charge is -2.35. The van der Waals surface area contributed by atoms with E-state index in [4.69, 9.17) is 0 Å². The zero-order valence-corrected chi connectivity index (χ0v) is 17.7. The Hall–Kier alpha value is -2.12. The van der Waals surface area contributed by atoms with Crippen LogP contribution >= 0.6 is 11.8 Å². The molecule has 1 saturated heterocycles. The van der Waals surface area contributed by atoms with Gasteiger partial charge in [0.25, 0.3) is 5.56 Å². The number of hydrogen-bond donors (Lipinski definition) is 0. The summed E-state index contributed by atoms with van der Waals surface area (Å²) in [5, 5.41) is 0.770. The van der Waals surface area contributed by atoms with Crippen molar-refractivity contribution < 1.29 is 4.79 Å². The molecule has 3 heterocycles. The van der Waals surface area contributed by atoms with E-state index >= 15 is 0 Å². The number of fused-ring (bicyclic) bond motifs is 1. The summed E-state index contributed by atoms with van der Waals surface area (Å²) in [6, 6.07) is 12.0. The Labute approximate surface area is 175 Å². The van der Waals surface area contributed by atoms with Gasteiger partial charge in [-0.05, 0) is 12.0 Å². The quantitative estimate of drug-likeness (QED) is 0.683. The molecule has 0 bridgehead atoms. The Kier molecular flexibility index (Phi) is 6.35. The third-order valence-corrected chi connectivity index (χ3v) is 6.73. The van der Waals surface area contributed by atoms with Gasteiger partial charge in [-0.15, -0.1) is 0 Å². The number of aromatic nitrogens is 2. The molecule has 1 aromatic heterocycles. The predicted octanol–water partition coefficient (Wildman–Crippen LogP) is 2.58. The van der Waals surface area contributed by atoms with Gasteiger partial charge in [-0.2, -0.15) is 0 Å². The summed E-state index contributed by atoms with van der Waals surface area (Å²) in [7, 11) is 0. The summed E-state index contributed by atoms with van der Waals surface area (Å²) in [5.41, 5.74) is 2.15. The highest BCUT2D eigenvalue weighted by atomic mass is 32.2. The zero-order valence-electron chi connectivity index (χ0n) is 16.9. The summed E-state index contributed by atoms with van der Waals surface area (Å²) in [5.74, 6) is 0.893. The lowest BCUT2D eigenvalue weighted by molar-refractivity contribution is -0.133. The van der Waals surface area contributed by atoms with Crippen LogP contribution in [0.3, 0.4) is 0 Å². The topological polar surface area (TPSA) is 58.4 Å². The van der Waals surface area contributed by atoms with Gasteiger partial charge in [0.2, 0.25) is 5.91 Å². The zero-order chi connectivity index (χ0) is 20.2. The molecule has 1 unspecified atom stereocenters. The highest BCUT2D eigenvalue weighted by Crippen LogP contribution is 2.32. The van der Waals surface area contributed by atoms with Crippen LogP contribution in [0.1, 0.15) is 37.1 Å². The molecule has 0 N–H and O–H groups in total. The molecule has 29 heavy (non-hydrogen) atoms. The number of thioether (sulfide) groups is 1. The normalized spacial score (nSPS) is 19.3. The standard InChI is InChI=1S/C22H28N4O2S/c1-2-6-18-13-21(28)26-19(16-29-22(26)23-18)14-20(27)25-11-9-24(10-12-25)15-17-7-4-3-5-8-17/h3-5,7-8,13,19H,2,6,9-12,14-16H2,1H3. The van der Waals surface area contributed by atoms with E-state index in [0.29, 0.717) is 6.42 Å². The molecule has 0 aliphatic carbocycles. The summed E-state index contributed by atoms with van der Waals surface area (Å²) in [6.45, 7) is 6.29. The molecule has 2 aliphatic rings. The fourth-order valence-corrected chi connectivity index (χ4v) is 5.23. The van der Waals surface area contributed by atoms with Crippen LogP contribution in [0.5, 0.6) is 0 Å². The summed E-state index contributed by atoms with van der Waals surface area (Å²) >= 11 is 1.59. The van der Waals surface area contributed by atoms with Crippen molar-refractivity contribution in [3.8, 4) is 0 Å². The first-order valence-electron chi connectivity index (χ1n) is 10.4. The number of carbonyl (C=O) groups is 1. The first kappa shape index (κ1) is 20.2. The monoisotopic (exact) mass is 412 g/mol. The number of piperazine rings is 1. The van der Waals surface area contributed by atoms with Crippen molar-refractivity contribution in [3.63, 3.8) is 0 Å². The lowest BCUT2D eigenvalue weighted by Crippen LogP contribution is -2.48. The molecule has 6 nitrogen and oxygen atoms in total. The Bertz CT molecular complexity index is 907. The molecular formula is C22H28N4O2S. The third-order valence-electron chi connectivity index (χ3n) is 5.63. The molecule has 2 aliphatic heterocycles. The highest BCUT2D eigenvalue weighted by Gasteiger charge is 2.30. The van der Waals surface area contributed by atoms with E-state index in [9.17, 15) is 9.59 Å². The molecule has 0 saturated carbocycles. The number of aryl methyl sites for hydroxylation is 1. The number of amides is 1. The van der Waals surface area contributed by atoms with Crippen molar-refractivity contribution in [3.05, 3.63) is 58.0 Å². The van der Waals surface area contributed by atoms with Crippen molar-refractivity contribution in [1.29, 1.82) is 0 Å². The number of nitrogens with zero attached hydrogens (tertiary/aromatic N) is 4. The van der Waals surface area contributed by atoms with E-state index in [2.05, 4.69) is 41.1 Å². The maximum Gasteiger partial charge on any atom is 0.254 e. The number of rotatable bonds is 6. The van der Waals surface area contributed by atoms with E-state index in [1.807, 2.05) is 11.0 Å². The second-order valence-electron chi connectivity index (χ2n) is 7.80. The van der Waals surface area contributed by atoms with Crippen LogP contribution in [-0.4, -0.2) is 57.2 Å². The number of carbonyl (C=O) groups excluding carboxylic acids is 1. The Morgan fingerprint density at radius 1 is 1.17 bits per heavy atom. The molecule has 1 fully saturated rings. The van der Waals surface area contributed by atoms with Crippen LogP contribution in [0.2, 0.25) is 0 Å². The van der Waals surface area contributed by atoms with E-state index in [-0.39, 0.29) is 17.5 Å². The van der Waals surface area contributed by atoms with Crippen molar-refractivity contribution in [1.82, 2.24) is 19.4 Å². The van der Waals surface area contributed by atoms with Gasteiger partial charge in [-0.3, -0.25) is 19.1 Å². The van der Waals surface area contributed by atoms with Crippen LogP contribution in [0.15, 0.2) is 46.3 Å². The van der Waals surface area contributed by atoms with Gasteiger partial charge in [0.15, 0.2) is 5.16 Å². The van der Waals surface area contributed by atoms with Gasteiger partial charge in [0.1, 0.15) is 0 Å². The highest BCUT2D eigenvalue weighted by molar-refractivity contribution is 7.99. The van der Waals surface area contributed by atoms with Crippen LogP contribution in [0.25, 0.3) is 0 Å². The number of hydrogen-bond acceptors (Lipinski definition) is 5. The van der Waals surface area contributed by atoms with Crippen LogP contribution in [0, 0.1) is 0 Å². The van der Waals surface area contributed by atoms with Crippen LogP contribution < -0.4 is 5.56 Å². The lowest BCUT2D eigenvalue weighted by atomic mass is 10.1. The molecule has 2 aromatic rings. The van der Waals surface area contributed by atoms with Crippen LogP contribution in [0.4, 0.5) is 0 Å². The Morgan fingerprint density at radius 2 is 1.93 bits per heavy atom. The van der Waals surface area contributed by atoms with Crippen molar-refractivity contribution in [2.24, 2.45) is 0 Å². The van der Waals surface area contributed by atoms with E-state index < -0.39 is 0 Å². The minimum Gasteiger partial charge on any atom is -0.340 e. The first-order chi connectivity index (χ1) is 14.1. The van der Waals surface area contributed by atoms with E-state index in [1.54, 1.807) is 22.4 Å². The van der Waals surface area contributed by atoms with E-state index in [1.165, 1.54) is 5.56 Å². The van der Waals surface area contributed by atoms with Gasteiger partial charge < -0.3 is 4.90 Å². The maximum absolute atomic E-state index is 12.9. The second-order valence-corrected chi connectivity index (χ2v) is 8.79. The number of benzene rings is 1. The summed E-state index contributed by atoms with van der Waals surface area (Å²) in [6.07, 6.45) is 2.17. The fourth-order valence-electron chi connectivity index (χ4n) is 4.06. The first-order valence-corrected chi connectivity index (χ1v) is 11.4. The average molecular weight is 413 g/mol. The van der Waals surface area contributed by atoms with Gasteiger partial charge >= 0.3 is 0 Å². The summed E-state index contributed by atoms with van der Waals surface area (Å²) < 4.78 is 1.73. The second kappa shape index (κ2) is 9.13. The molecule has 154 valence electrons. The van der Waals surface area contributed by atoms with Gasteiger partial charge in [-0.1, -0.05) is 55.4 Å². The SMILES string of the molecule is CCCc1cc(=O)n2c(n1)SCC2CC(=O)N1CCN(Cc2ccccc2)CC1. The van der Waals surface area contributed by atoms with Crippen LogP contribution in [-0.2, 0) is 17.8 Å². The minimum absolute atomic E-state index is 0.0195. The van der Waals surface area contributed by atoms with Gasteiger partial charge in [0.05, 0.1) is 6.04 Å². The minimum atomic E-state index is -0.0828. The molecular weight excluding hydrogens is 384 g/mol. The van der Waals surface area contributed by atoms with Gasteiger partial charge in [-0.25, -0.2) is 4.98 Å². The smallest absolute Gasteiger partial charge is 0.254 e. The maximum atomic E-state index is 12.9. The molecule has 0 radical (unpaired) electrons. The van der Waals surface area contributed by atoms with Crippen molar-refractivity contribution in [2.75, 3.05) is 31.9 Å². The average Bonchev–Trinajstić information content (AvgIpc) is 3.12. The Morgan fingerprint density at radius 3 is 2.66 bits per heavy atom. The molecule has 1 aromatic carbocycles. The fraction of sp³-hybridized carbons (Fsp3) is 0.500. The third kappa shape index (κ3) is 4.73. The molecule has 7 heteroatoms. The van der Waals surface area contributed by atoms with Gasteiger partial charge in [0, 0.05) is 56.7 Å². The molecule has 1 amide bonds. The van der Waals surface area contributed by atoms with Crippen molar-refractivity contribution in [2.45, 2.75) is 43.9 Å². The largest absolute Gasteiger partial charge is 0.340 e. The van der Waals surface area contributed by atoms with Crippen molar-refractivity contribution >= 4 is 17.7 Å². The molecule has 0 spiro atoms. The predicted molar refractivity (Wildman–Crippen MR) is 115 cm³/mol.